The van der Waals surface area contributed by atoms with Crippen molar-refractivity contribution in [2.45, 2.75) is 19.4 Å². The average molecular weight is 279 g/mol. The van der Waals surface area contributed by atoms with Gasteiger partial charge in [-0.05, 0) is 26.0 Å². The van der Waals surface area contributed by atoms with Gasteiger partial charge in [0.05, 0.1) is 6.54 Å². The Bertz CT molecular complexity index is 446. The predicted molar refractivity (Wildman–Crippen MR) is 76.2 cm³/mol. The molecular formula is C14H21N3O3. The van der Waals surface area contributed by atoms with E-state index in [0.717, 1.165) is 0 Å². The van der Waals surface area contributed by atoms with E-state index in [2.05, 4.69) is 10.6 Å². The van der Waals surface area contributed by atoms with Crippen molar-refractivity contribution >= 4 is 11.8 Å². The Balaban J connectivity index is 2.25. The second kappa shape index (κ2) is 7.49. The molecule has 0 aliphatic heterocycles. The molecule has 0 aromatic heterocycles. The van der Waals surface area contributed by atoms with Crippen LogP contribution in [0.4, 0.5) is 0 Å². The van der Waals surface area contributed by atoms with Gasteiger partial charge in [-0.1, -0.05) is 18.2 Å². The first-order valence-corrected chi connectivity index (χ1v) is 6.38. The average Bonchev–Trinajstić information content (AvgIpc) is 2.43. The molecule has 0 fully saturated rings. The van der Waals surface area contributed by atoms with Crippen LogP contribution in [-0.2, 0) is 9.59 Å². The molecule has 6 nitrogen and oxygen atoms in total. The third-order valence-corrected chi connectivity index (χ3v) is 2.55. The molecule has 0 heterocycles. The fourth-order valence-corrected chi connectivity index (χ4v) is 1.37. The summed E-state index contributed by atoms with van der Waals surface area (Å²) in [6, 6.07) is 9.00. The molecule has 20 heavy (non-hydrogen) atoms. The first-order valence-electron chi connectivity index (χ1n) is 6.38. The second-order valence-electron chi connectivity index (χ2n) is 5.01. The maximum atomic E-state index is 11.6. The zero-order valence-electron chi connectivity index (χ0n) is 11.8. The van der Waals surface area contributed by atoms with E-state index in [1.807, 2.05) is 32.0 Å². The lowest BCUT2D eigenvalue weighted by atomic mass is 10.1. The van der Waals surface area contributed by atoms with E-state index in [1.54, 1.807) is 12.1 Å². The zero-order valence-corrected chi connectivity index (χ0v) is 11.8. The number of carbonyl (C=O) groups excluding carboxylic acids is 2. The predicted octanol–water partition coefficient (Wildman–Crippen LogP) is 0.0351. The molecule has 0 atom stereocenters. The Kier molecular flexibility index (Phi) is 5.99. The number of rotatable bonds is 7. The maximum absolute atomic E-state index is 11.6. The van der Waals surface area contributed by atoms with Crippen LogP contribution in [0.2, 0.25) is 0 Å². The topological polar surface area (TPSA) is 93.5 Å². The summed E-state index contributed by atoms with van der Waals surface area (Å²) in [7, 11) is 0. The van der Waals surface area contributed by atoms with Gasteiger partial charge in [0.25, 0.3) is 5.91 Å². The summed E-state index contributed by atoms with van der Waals surface area (Å²) >= 11 is 0. The summed E-state index contributed by atoms with van der Waals surface area (Å²) in [6.07, 6.45) is 0. The third-order valence-electron chi connectivity index (χ3n) is 2.55. The fraction of sp³-hybridized carbons (Fsp3) is 0.429. The van der Waals surface area contributed by atoms with Crippen molar-refractivity contribution in [3.8, 4) is 5.75 Å². The quantitative estimate of drug-likeness (QED) is 0.656. The van der Waals surface area contributed by atoms with Crippen molar-refractivity contribution in [2.75, 3.05) is 19.7 Å². The van der Waals surface area contributed by atoms with Crippen LogP contribution in [0.15, 0.2) is 30.3 Å². The molecule has 0 aliphatic rings. The van der Waals surface area contributed by atoms with Crippen LogP contribution >= 0.6 is 0 Å². The summed E-state index contributed by atoms with van der Waals surface area (Å²) in [5.74, 6) is -0.0283. The molecule has 0 unspecified atom stereocenters. The Morgan fingerprint density at radius 3 is 2.45 bits per heavy atom. The monoisotopic (exact) mass is 279 g/mol. The first kappa shape index (κ1) is 16.0. The van der Waals surface area contributed by atoms with E-state index in [1.165, 1.54) is 0 Å². The standard InChI is InChI=1S/C14H21N3O3/c1-14(2,10-15)17-12(18)8-16-13(19)9-20-11-6-4-3-5-7-11/h3-7H,8-10,15H2,1-2H3,(H,16,19)(H,17,18). The lowest BCUT2D eigenvalue weighted by Gasteiger charge is -2.24. The van der Waals surface area contributed by atoms with Crippen LogP contribution in [0.5, 0.6) is 5.75 Å². The molecule has 0 aliphatic carbocycles. The minimum absolute atomic E-state index is 0.0968. The molecule has 0 radical (unpaired) electrons. The maximum Gasteiger partial charge on any atom is 0.258 e. The molecule has 110 valence electrons. The summed E-state index contributed by atoms with van der Waals surface area (Å²) < 4.78 is 5.26. The van der Waals surface area contributed by atoms with E-state index in [-0.39, 0.29) is 25.0 Å². The Morgan fingerprint density at radius 2 is 1.85 bits per heavy atom. The SMILES string of the molecule is CC(C)(CN)NC(=O)CNC(=O)COc1ccccc1. The van der Waals surface area contributed by atoms with Crippen molar-refractivity contribution in [1.82, 2.24) is 10.6 Å². The molecule has 6 heteroatoms. The molecule has 4 N–H and O–H groups in total. The van der Waals surface area contributed by atoms with E-state index >= 15 is 0 Å². The number of amides is 2. The van der Waals surface area contributed by atoms with Gasteiger partial charge in [-0.3, -0.25) is 9.59 Å². The van der Waals surface area contributed by atoms with Crippen molar-refractivity contribution in [3.63, 3.8) is 0 Å². The van der Waals surface area contributed by atoms with Crippen molar-refractivity contribution in [1.29, 1.82) is 0 Å². The molecule has 0 saturated heterocycles. The molecule has 1 aromatic rings. The Morgan fingerprint density at radius 1 is 1.20 bits per heavy atom. The highest BCUT2D eigenvalue weighted by Crippen LogP contribution is 2.07. The van der Waals surface area contributed by atoms with E-state index < -0.39 is 5.54 Å². The van der Waals surface area contributed by atoms with Crippen LogP contribution in [-0.4, -0.2) is 37.0 Å². The van der Waals surface area contributed by atoms with Crippen molar-refractivity contribution in [3.05, 3.63) is 30.3 Å². The largest absolute Gasteiger partial charge is 0.484 e. The van der Waals surface area contributed by atoms with Crippen LogP contribution in [0.25, 0.3) is 0 Å². The van der Waals surface area contributed by atoms with Gasteiger partial charge < -0.3 is 21.1 Å². The first-order chi connectivity index (χ1) is 9.43. The van der Waals surface area contributed by atoms with Gasteiger partial charge in [-0.2, -0.15) is 0 Å². The van der Waals surface area contributed by atoms with Gasteiger partial charge >= 0.3 is 0 Å². The van der Waals surface area contributed by atoms with Gasteiger partial charge in [0.2, 0.25) is 5.91 Å². The van der Waals surface area contributed by atoms with E-state index in [4.69, 9.17) is 10.5 Å². The number of nitrogens with two attached hydrogens (primary N) is 1. The molecule has 0 bridgehead atoms. The van der Waals surface area contributed by atoms with Crippen LogP contribution in [0.1, 0.15) is 13.8 Å². The van der Waals surface area contributed by atoms with Gasteiger partial charge in [0.1, 0.15) is 5.75 Å². The summed E-state index contributed by atoms with van der Waals surface area (Å²) in [6.45, 7) is 3.72. The number of benzene rings is 1. The van der Waals surface area contributed by atoms with Crippen LogP contribution < -0.4 is 21.1 Å². The highest BCUT2D eigenvalue weighted by Gasteiger charge is 2.18. The highest BCUT2D eigenvalue weighted by molar-refractivity contribution is 5.85. The number of nitrogens with one attached hydrogen (secondary N) is 2. The van der Waals surface area contributed by atoms with Crippen molar-refractivity contribution < 1.29 is 14.3 Å². The van der Waals surface area contributed by atoms with Gasteiger partial charge in [-0.15, -0.1) is 0 Å². The second-order valence-corrected chi connectivity index (χ2v) is 5.01. The zero-order chi connectivity index (χ0) is 15.0. The summed E-state index contributed by atoms with van der Waals surface area (Å²) in [4.78, 5) is 23.1. The van der Waals surface area contributed by atoms with Gasteiger partial charge in [0, 0.05) is 12.1 Å². The summed E-state index contributed by atoms with van der Waals surface area (Å²) in [5, 5.41) is 5.20. The smallest absolute Gasteiger partial charge is 0.258 e. The third kappa shape index (κ3) is 6.19. The minimum Gasteiger partial charge on any atom is -0.484 e. The highest BCUT2D eigenvalue weighted by atomic mass is 16.5. The molecule has 1 rings (SSSR count). The number of carbonyl (C=O) groups is 2. The lowest BCUT2D eigenvalue weighted by molar-refractivity contribution is -0.127. The van der Waals surface area contributed by atoms with Crippen LogP contribution in [0.3, 0.4) is 0 Å². The molecule has 0 spiro atoms. The fourth-order valence-electron chi connectivity index (χ4n) is 1.37. The minimum atomic E-state index is -0.484. The van der Waals surface area contributed by atoms with Gasteiger partial charge in [0.15, 0.2) is 6.61 Å². The molecule has 1 aromatic carbocycles. The number of ether oxygens (including phenoxy) is 1. The molecule has 0 saturated carbocycles. The van der Waals surface area contributed by atoms with E-state index in [9.17, 15) is 9.59 Å². The molecule has 2 amide bonds. The number of hydrogen-bond acceptors (Lipinski definition) is 4. The Labute approximate surface area is 118 Å². The normalized spacial score (nSPS) is 10.8. The van der Waals surface area contributed by atoms with Crippen LogP contribution in [0, 0.1) is 0 Å². The van der Waals surface area contributed by atoms with E-state index in [0.29, 0.717) is 12.3 Å². The van der Waals surface area contributed by atoms with Crippen molar-refractivity contribution in [2.24, 2.45) is 5.73 Å². The lowest BCUT2D eigenvalue weighted by Crippen LogP contribution is -2.52. The summed E-state index contributed by atoms with van der Waals surface area (Å²) in [5.41, 5.74) is 5.02. The number of para-hydroxylation sites is 1. The Hall–Kier alpha value is -2.08. The number of hydrogen-bond donors (Lipinski definition) is 3. The molecular weight excluding hydrogens is 258 g/mol. The van der Waals surface area contributed by atoms with Gasteiger partial charge in [-0.25, -0.2) is 0 Å².